The third-order valence-corrected chi connectivity index (χ3v) is 5.24. The van der Waals surface area contributed by atoms with E-state index in [0.29, 0.717) is 17.9 Å². The third kappa shape index (κ3) is 5.20. The van der Waals surface area contributed by atoms with E-state index in [0.717, 1.165) is 16.6 Å². The van der Waals surface area contributed by atoms with Gasteiger partial charge in [0.2, 0.25) is 11.8 Å². The number of amides is 2. The van der Waals surface area contributed by atoms with Gasteiger partial charge in [-0.25, -0.2) is 4.98 Å². The highest BCUT2D eigenvalue weighted by molar-refractivity contribution is 5.92. The van der Waals surface area contributed by atoms with Crippen LogP contribution in [0.2, 0.25) is 0 Å². The van der Waals surface area contributed by atoms with Crippen molar-refractivity contribution in [3.63, 3.8) is 0 Å². The Morgan fingerprint density at radius 1 is 1.06 bits per heavy atom. The van der Waals surface area contributed by atoms with E-state index < -0.39 is 0 Å². The summed E-state index contributed by atoms with van der Waals surface area (Å²) in [6.07, 6.45) is 0. The van der Waals surface area contributed by atoms with Crippen LogP contribution in [-0.2, 0) is 22.7 Å². The summed E-state index contributed by atoms with van der Waals surface area (Å²) in [5.74, 6) is 0.416. The summed E-state index contributed by atoms with van der Waals surface area (Å²) in [4.78, 5) is 32.1. The molecule has 0 bridgehead atoms. The Bertz CT molecular complexity index is 1090. The van der Waals surface area contributed by atoms with Crippen LogP contribution in [0.5, 0.6) is 0 Å². The zero-order chi connectivity index (χ0) is 22.5. The lowest BCUT2D eigenvalue weighted by atomic mass is 10.2. The number of carbonyl (C=O) groups is 2. The lowest BCUT2D eigenvalue weighted by Gasteiger charge is -2.28. The van der Waals surface area contributed by atoms with Crippen molar-refractivity contribution in [3.05, 3.63) is 78.1 Å². The fraction of sp³-hybridized carbons (Fsp3) is 0.320. The van der Waals surface area contributed by atoms with Gasteiger partial charge in [0, 0.05) is 18.2 Å². The molecule has 6 nitrogen and oxygen atoms in total. The number of rotatable bonds is 8. The highest BCUT2D eigenvalue weighted by Gasteiger charge is 2.23. The molecular weight excluding hydrogens is 388 g/mol. The van der Waals surface area contributed by atoms with E-state index in [1.807, 2.05) is 84.8 Å². The summed E-state index contributed by atoms with van der Waals surface area (Å²) >= 11 is 0. The minimum absolute atomic E-state index is 0.00156. The minimum atomic E-state index is -0.369. The number of aromatic nitrogens is 2. The number of para-hydroxylation sites is 2. The fourth-order valence-electron chi connectivity index (χ4n) is 3.54. The number of hydrogen-bond donors (Lipinski definition) is 1. The number of imidazole rings is 1. The van der Waals surface area contributed by atoms with Crippen molar-refractivity contribution in [1.82, 2.24) is 19.8 Å². The molecule has 0 spiro atoms. The summed E-state index contributed by atoms with van der Waals surface area (Å²) in [6.45, 7) is 12.0. The van der Waals surface area contributed by atoms with Gasteiger partial charge in [-0.1, -0.05) is 49.0 Å². The van der Waals surface area contributed by atoms with Crippen LogP contribution in [-0.4, -0.2) is 32.3 Å². The summed E-state index contributed by atoms with van der Waals surface area (Å²) < 4.78 is 1.90. The highest BCUT2D eigenvalue weighted by atomic mass is 16.2. The molecule has 0 aliphatic carbocycles. The molecule has 31 heavy (non-hydrogen) atoms. The van der Waals surface area contributed by atoms with Crippen molar-refractivity contribution >= 4 is 22.8 Å². The molecule has 2 aromatic carbocycles. The standard InChI is InChI=1S/C25H30N4O2/c1-17(2)25(31)26-19(5)24-27-21-13-9-10-14-22(21)29(24)16-23(30)28(18(3)4)15-20-11-7-6-8-12-20/h6-14,18-19H,1,15-16H2,2-5H3,(H,26,31). The lowest BCUT2D eigenvalue weighted by molar-refractivity contribution is -0.134. The smallest absolute Gasteiger partial charge is 0.246 e. The molecule has 1 heterocycles. The Kier molecular flexibility index (Phi) is 6.90. The largest absolute Gasteiger partial charge is 0.343 e. The van der Waals surface area contributed by atoms with E-state index in [2.05, 4.69) is 11.9 Å². The molecule has 6 heteroatoms. The molecule has 1 unspecified atom stereocenters. The molecule has 1 aromatic heterocycles. The van der Waals surface area contributed by atoms with Crippen molar-refractivity contribution in [2.45, 2.75) is 52.9 Å². The van der Waals surface area contributed by atoms with Crippen LogP contribution in [0.25, 0.3) is 11.0 Å². The summed E-state index contributed by atoms with van der Waals surface area (Å²) in [5, 5.41) is 2.92. The second-order valence-electron chi connectivity index (χ2n) is 8.12. The molecule has 2 amide bonds. The van der Waals surface area contributed by atoms with Crippen molar-refractivity contribution in [1.29, 1.82) is 0 Å². The molecule has 3 aromatic rings. The van der Waals surface area contributed by atoms with Gasteiger partial charge in [0.15, 0.2) is 0 Å². The predicted octanol–water partition coefficient (Wildman–Crippen LogP) is 4.23. The van der Waals surface area contributed by atoms with Crippen LogP contribution < -0.4 is 5.32 Å². The van der Waals surface area contributed by atoms with E-state index in [9.17, 15) is 9.59 Å². The van der Waals surface area contributed by atoms with Gasteiger partial charge in [-0.2, -0.15) is 0 Å². The number of hydrogen-bond acceptors (Lipinski definition) is 3. The summed E-state index contributed by atoms with van der Waals surface area (Å²) in [6, 6.07) is 17.4. The monoisotopic (exact) mass is 418 g/mol. The third-order valence-electron chi connectivity index (χ3n) is 5.24. The van der Waals surface area contributed by atoms with Gasteiger partial charge in [0.1, 0.15) is 12.4 Å². The maximum atomic E-state index is 13.4. The molecule has 1 atom stereocenters. The first kappa shape index (κ1) is 22.3. The quantitative estimate of drug-likeness (QED) is 0.557. The zero-order valence-corrected chi connectivity index (χ0v) is 18.6. The molecule has 3 rings (SSSR count). The van der Waals surface area contributed by atoms with Crippen molar-refractivity contribution in [2.24, 2.45) is 0 Å². The van der Waals surface area contributed by atoms with Gasteiger partial charge in [-0.15, -0.1) is 0 Å². The molecule has 0 fully saturated rings. The number of nitrogens with one attached hydrogen (secondary N) is 1. The van der Waals surface area contributed by atoms with Crippen molar-refractivity contribution in [2.75, 3.05) is 0 Å². The lowest BCUT2D eigenvalue weighted by Crippen LogP contribution is -2.39. The van der Waals surface area contributed by atoms with Gasteiger partial charge in [0.05, 0.1) is 17.1 Å². The summed E-state index contributed by atoms with van der Waals surface area (Å²) in [7, 11) is 0. The number of fused-ring (bicyclic) bond motifs is 1. The van der Waals surface area contributed by atoms with Gasteiger partial charge < -0.3 is 14.8 Å². The number of benzene rings is 2. The second kappa shape index (κ2) is 9.60. The van der Waals surface area contributed by atoms with Crippen LogP contribution in [0.1, 0.15) is 45.1 Å². The average molecular weight is 419 g/mol. The van der Waals surface area contributed by atoms with Crippen molar-refractivity contribution < 1.29 is 9.59 Å². The molecule has 0 saturated heterocycles. The topological polar surface area (TPSA) is 67.2 Å². The van der Waals surface area contributed by atoms with Gasteiger partial charge in [0.25, 0.3) is 0 Å². The van der Waals surface area contributed by atoms with E-state index in [1.165, 1.54) is 0 Å². The molecule has 162 valence electrons. The molecule has 0 aliphatic rings. The Morgan fingerprint density at radius 3 is 2.35 bits per heavy atom. The molecular formula is C25H30N4O2. The van der Waals surface area contributed by atoms with E-state index in [4.69, 9.17) is 4.98 Å². The van der Waals surface area contributed by atoms with E-state index >= 15 is 0 Å². The van der Waals surface area contributed by atoms with Crippen LogP contribution in [0.4, 0.5) is 0 Å². The number of nitrogens with zero attached hydrogens (tertiary/aromatic N) is 3. The Labute approximate surface area is 183 Å². The summed E-state index contributed by atoms with van der Waals surface area (Å²) in [5.41, 5.74) is 3.17. The van der Waals surface area contributed by atoms with Crippen LogP contribution in [0, 0.1) is 0 Å². The predicted molar refractivity (Wildman–Crippen MR) is 123 cm³/mol. The first-order chi connectivity index (χ1) is 14.8. The molecule has 0 radical (unpaired) electrons. The highest BCUT2D eigenvalue weighted by Crippen LogP contribution is 2.22. The van der Waals surface area contributed by atoms with Crippen LogP contribution in [0.15, 0.2) is 66.7 Å². The Balaban J connectivity index is 1.92. The maximum absolute atomic E-state index is 13.4. The normalized spacial score (nSPS) is 12.0. The van der Waals surface area contributed by atoms with Gasteiger partial charge in [-0.05, 0) is 45.4 Å². The number of carbonyl (C=O) groups excluding carboxylic acids is 2. The SMILES string of the molecule is C=C(C)C(=O)NC(C)c1nc2ccccc2n1CC(=O)N(Cc1ccccc1)C(C)C. The van der Waals surface area contributed by atoms with Crippen LogP contribution in [0.3, 0.4) is 0 Å². The molecule has 1 N–H and O–H groups in total. The van der Waals surface area contributed by atoms with Crippen molar-refractivity contribution in [3.8, 4) is 0 Å². The Morgan fingerprint density at radius 2 is 1.71 bits per heavy atom. The zero-order valence-electron chi connectivity index (χ0n) is 18.6. The van der Waals surface area contributed by atoms with E-state index in [1.54, 1.807) is 6.92 Å². The van der Waals surface area contributed by atoms with Crippen LogP contribution >= 0.6 is 0 Å². The Hall–Kier alpha value is -3.41. The second-order valence-corrected chi connectivity index (χ2v) is 8.12. The first-order valence-corrected chi connectivity index (χ1v) is 10.5. The van der Waals surface area contributed by atoms with Gasteiger partial charge >= 0.3 is 0 Å². The minimum Gasteiger partial charge on any atom is -0.343 e. The first-order valence-electron chi connectivity index (χ1n) is 10.5. The molecule has 0 aliphatic heterocycles. The molecule has 0 saturated carbocycles. The average Bonchev–Trinajstić information content (AvgIpc) is 3.11. The fourth-order valence-corrected chi connectivity index (χ4v) is 3.54. The van der Waals surface area contributed by atoms with E-state index in [-0.39, 0.29) is 30.4 Å². The maximum Gasteiger partial charge on any atom is 0.246 e. The van der Waals surface area contributed by atoms with Gasteiger partial charge in [-0.3, -0.25) is 9.59 Å².